The second-order valence-electron chi connectivity index (χ2n) is 4.93. The predicted molar refractivity (Wildman–Crippen MR) is 86.6 cm³/mol. The van der Waals surface area contributed by atoms with E-state index >= 15 is 0 Å². The molecule has 0 saturated carbocycles. The molecule has 0 saturated heterocycles. The van der Waals surface area contributed by atoms with Crippen LogP contribution in [0.15, 0.2) is 60.9 Å². The normalized spacial score (nSPS) is 10.4. The molecule has 1 heterocycles. The summed E-state index contributed by atoms with van der Waals surface area (Å²) in [4.78, 5) is 22.3. The summed E-state index contributed by atoms with van der Waals surface area (Å²) in [5, 5.41) is 2.90. The van der Waals surface area contributed by atoms with Gasteiger partial charge < -0.3 is 5.32 Å². The minimum absolute atomic E-state index is 0.160. The van der Waals surface area contributed by atoms with Gasteiger partial charge in [-0.1, -0.05) is 30.3 Å². The first-order valence-corrected chi connectivity index (χ1v) is 7.00. The van der Waals surface area contributed by atoms with E-state index in [1.165, 1.54) is 0 Å². The zero-order valence-electron chi connectivity index (χ0n) is 12.2. The van der Waals surface area contributed by atoms with E-state index in [-0.39, 0.29) is 6.03 Å². The molecule has 0 aliphatic rings. The second-order valence-corrected chi connectivity index (χ2v) is 4.93. The van der Waals surface area contributed by atoms with Crippen molar-refractivity contribution in [3.8, 4) is 0 Å². The molecule has 5 heteroatoms. The van der Waals surface area contributed by atoms with Crippen LogP contribution in [0, 0.1) is 0 Å². The molecule has 0 bridgehead atoms. The van der Waals surface area contributed by atoms with Crippen molar-refractivity contribution in [3.63, 3.8) is 0 Å². The molecule has 2 amide bonds. The zero-order chi connectivity index (χ0) is 15.4. The summed E-state index contributed by atoms with van der Waals surface area (Å²) < 4.78 is 0. The quantitative estimate of drug-likeness (QED) is 0.807. The molecule has 2 aromatic carbocycles. The van der Waals surface area contributed by atoms with Gasteiger partial charge in [0, 0.05) is 31.7 Å². The Morgan fingerprint density at radius 3 is 2.55 bits per heavy atom. The second kappa shape index (κ2) is 6.22. The van der Waals surface area contributed by atoms with Gasteiger partial charge in [-0.3, -0.25) is 14.9 Å². The van der Waals surface area contributed by atoms with Crippen LogP contribution < -0.4 is 10.2 Å². The molecule has 0 fully saturated rings. The molecule has 1 aromatic heterocycles. The van der Waals surface area contributed by atoms with Gasteiger partial charge in [-0.2, -0.15) is 0 Å². The molecule has 0 spiro atoms. The number of amides is 2. The molecule has 0 atom stereocenters. The third-order valence-corrected chi connectivity index (χ3v) is 3.43. The molecular weight excluding hydrogens is 276 g/mol. The maximum Gasteiger partial charge on any atom is 0.321 e. The Morgan fingerprint density at radius 1 is 1.05 bits per heavy atom. The Bertz CT molecular complexity index is 789. The number of hydrogen-bond acceptors (Lipinski definition) is 3. The number of rotatable bonds is 3. The van der Waals surface area contributed by atoms with E-state index in [1.54, 1.807) is 24.3 Å². The molecule has 0 unspecified atom stereocenters. The number of carbonyl (C=O) groups excluding carboxylic acids is 1. The lowest BCUT2D eigenvalue weighted by Gasteiger charge is -2.18. The fraction of sp³-hybridized carbons (Fsp3) is 0.118. The lowest BCUT2D eigenvalue weighted by Crippen LogP contribution is -2.36. The predicted octanol–water partition coefficient (Wildman–Crippen LogP) is 2.98. The Kier molecular flexibility index (Phi) is 3.96. The van der Waals surface area contributed by atoms with Crippen LogP contribution in [0.5, 0.6) is 0 Å². The van der Waals surface area contributed by atoms with Gasteiger partial charge in [0.25, 0.3) is 0 Å². The number of urea groups is 1. The molecule has 110 valence electrons. The Labute approximate surface area is 128 Å². The maximum atomic E-state index is 12.2. The third kappa shape index (κ3) is 3.03. The first-order valence-electron chi connectivity index (χ1n) is 7.00. The fourth-order valence-electron chi connectivity index (χ4n) is 2.17. The number of nitrogens with one attached hydrogen (secondary N) is 1. The number of anilines is 1. The summed E-state index contributed by atoms with van der Waals surface area (Å²) in [6.45, 7) is 0.497. The van der Waals surface area contributed by atoms with Crippen molar-refractivity contribution in [2.75, 3.05) is 11.9 Å². The van der Waals surface area contributed by atoms with Crippen molar-refractivity contribution in [1.82, 2.24) is 15.3 Å². The smallest absolute Gasteiger partial charge is 0.321 e. The number of hydrogen-bond donors (Lipinski definition) is 1. The summed E-state index contributed by atoms with van der Waals surface area (Å²) in [5.41, 5.74) is 3.42. The van der Waals surface area contributed by atoms with E-state index in [9.17, 15) is 4.79 Å². The topological polar surface area (TPSA) is 58.1 Å². The Balaban J connectivity index is 1.71. The van der Waals surface area contributed by atoms with Crippen LogP contribution in [-0.2, 0) is 6.54 Å². The molecule has 0 aliphatic carbocycles. The molecule has 3 aromatic rings. The van der Waals surface area contributed by atoms with Crippen molar-refractivity contribution in [2.24, 2.45) is 0 Å². The number of benzene rings is 2. The van der Waals surface area contributed by atoms with Crippen molar-refractivity contribution in [2.45, 2.75) is 6.54 Å². The van der Waals surface area contributed by atoms with Gasteiger partial charge in [0.2, 0.25) is 0 Å². The summed E-state index contributed by atoms with van der Waals surface area (Å²) >= 11 is 0. The van der Waals surface area contributed by atoms with Gasteiger partial charge in [-0.05, 0) is 23.8 Å². The van der Waals surface area contributed by atoms with Gasteiger partial charge in [0.1, 0.15) is 0 Å². The monoisotopic (exact) mass is 292 g/mol. The first kappa shape index (κ1) is 14.0. The van der Waals surface area contributed by atoms with Crippen LogP contribution in [0.1, 0.15) is 5.56 Å². The minimum atomic E-state index is -0.160. The van der Waals surface area contributed by atoms with E-state index in [2.05, 4.69) is 15.3 Å². The molecule has 3 rings (SSSR count). The van der Waals surface area contributed by atoms with Crippen LogP contribution in [0.25, 0.3) is 11.0 Å². The first-order chi connectivity index (χ1) is 10.7. The average Bonchev–Trinajstić information content (AvgIpc) is 2.59. The third-order valence-electron chi connectivity index (χ3n) is 3.43. The van der Waals surface area contributed by atoms with Gasteiger partial charge in [-0.25, -0.2) is 4.79 Å². The highest BCUT2D eigenvalue weighted by atomic mass is 16.2. The summed E-state index contributed by atoms with van der Waals surface area (Å²) in [6, 6.07) is 15.2. The SMILES string of the molecule is CN(C(=O)NCc1ccccc1)c1ccc2nccnc2c1. The number of nitrogens with zero attached hydrogens (tertiary/aromatic N) is 3. The molecular formula is C17H16N4O. The summed E-state index contributed by atoms with van der Waals surface area (Å²) in [5.74, 6) is 0. The van der Waals surface area contributed by atoms with Gasteiger partial charge >= 0.3 is 6.03 Å². The molecule has 22 heavy (non-hydrogen) atoms. The average molecular weight is 292 g/mol. The number of aromatic nitrogens is 2. The standard InChI is InChI=1S/C17H16N4O/c1-21(17(22)20-12-13-5-3-2-4-6-13)14-7-8-15-16(11-14)19-10-9-18-15/h2-11H,12H2,1H3,(H,20,22). The molecule has 5 nitrogen and oxygen atoms in total. The van der Waals surface area contributed by atoms with Crippen LogP contribution in [-0.4, -0.2) is 23.0 Å². The Morgan fingerprint density at radius 2 is 1.77 bits per heavy atom. The van der Waals surface area contributed by atoms with Gasteiger partial charge in [0.15, 0.2) is 0 Å². The highest BCUT2D eigenvalue weighted by Gasteiger charge is 2.11. The van der Waals surface area contributed by atoms with Crippen LogP contribution in [0.3, 0.4) is 0 Å². The summed E-state index contributed by atoms with van der Waals surface area (Å²) in [6.07, 6.45) is 3.29. The van der Waals surface area contributed by atoms with Crippen molar-refractivity contribution in [1.29, 1.82) is 0 Å². The lowest BCUT2D eigenvalue weighted by atomic mass is 10.2. The van der Waals surface area contributed by atoms with E-state index in [0.29, 0.717) is 6.54 Å². The lowest BCUT2D eigenvalue weighted by molar-refractivity contribution is 0.247. The van der Waals surface area contributed by atoms with Crippen LogP contribution in [0.4, 0.5) is 10.5 Å². The number of fused-ring (bicyclic) bond motifs is 1. The zero-order valence-corrected chi connectivity index (χ0v) is 12.2. The van der Waals surface area contributed by atoms with Crippen molar-refractivity contribution < 1.29 is 4.79 Å². The van der Waals surface area contributed by atoms with Crippen molar-refractivity contribution in [3.05, 3.63) is 66.5 Å². The molecule has 1 N–H and O–H groups in total. The molecule has 0 radical (unpaired) electrons. The number of carbonyl (C=O) groups is 1. The minimum Gasteiger partial charge on any atom is -0.334 e. The van der Waals surface area contributed by atoms with E-state index in [0.717, 1.165) is 22.3 Å². The summed E-state index contributed by atoms with van der Waals surface area (Å²) in [7, 11) is 1.73. The van der Waals surface area contributed by atoms with Gasteiger partial charge in [-0.15, -0.1) is 0 Å². The van der Waals surface area contributed by atoms with E-state index < -0.39 is 0 Å². The molecule has 0 aliphatic heterocycles. The fourth-order valence-corrected chi connectivity index (χ4v) is 2.17. The Hall–Kier alpha value is -2.95. The van der Waals surface area contributed by atoms with E-state index in [4.69, 9.17) is 0 Å². The maximum absolute atomic E-state index is 12.2. The highest BCUT2D eigenvalue weighted by Crippen LogP contribution is 2.18. The van der Waals surface area contributed by atoms with Crippen molar-refractivity contribution >= 4 is 22.8 Å². The van der Waals surface area contributed by atoms with Crippen LogP contribution >= 0.6 is 0 Å². The van der Waals surface area contributed by atoms with E-state index in [1.807, 2.05) is 48.5 Å². The highest BCUT2D eigenvalue weighted by molar-refractivity contribution is 5.93. The van der Waals surface area contributed by atoms with Gasteiger partial charge in [0.05, 0.1) is 11.0 Å². The largest absolute Gasteiger partial charge is 0.334 e. The van der Waals surface area contributed by atoms with Crippen LogP contribution in [0.2, 0.25) is 0 Å².